The third-order valence-corrected chi connectivity index (χ3v) is 6.84. The molecule has 31 heavy (non-hydrogen) atoms. The Morgan fingerprint density at radius 3 is 2.55 bits per heavy atom. The van der Waals surface area contributed by atoms with Crippen molar-refractivity contribution in [2.75, 3.05) is 13.1 Å². The molecule has 2 aromatic rings. The fourth-order valence-electron chi connectivity index (χ4n) is 5.15. The maximum absolute atomic E-state index is 13.7. The molecule has 0 aliphatic carbocycles. The molecule has 0 aromatic heterocycles. The molecule has 3 fully saturated rings. The van der Waals surface area contributed by atoms with Gasteiger partial charge in [0.05, 0.1) is 6.04 Å². The molecule has 2 aromatic carbocycles. The van der Waals surface area contributed by atoms with Gasteiger partial charge in [0.2, 0.25) is 0 Å². The first-order valence-corrected chi connectivity index (χ1v) is 10.7. The van der Waals surface area contributed by atoms with E-state index in [4.69, 9.17) is 4.74 Å². The first-order valence-electron chi connectivity index (χ1n) is 10.7. The summed E-state index contributed by atoms with van der Waals surface area (Å²) in [7, 11) is 0. The molecule has 162 valence electrons. The normalized spacial score (nSPS) is 24.7. The van der Waals surface area contributed by atoms with Crippen LogP contribution in [-0.4, -0.2) is 46.5 Å². The Morgan fingerprint density at radius 2 is 1.81 bits per heavy atom. The topological polar surface area (TPSA) is 49.9 Å². The number of hydrogen-bond acceptors (Lipinski definition) is 3. The maximum Gasteiger partial charge on any atom is 0.257 e. The van der Waals surface area contributed by atoms with Crippen molar-refractivity contribution in [2.45, 2.75) is 50.5 Å². The molecule has 5 nitrogen and oxygen atoms in total. The lowest BCUT2D eigenvalue weighted by atomic mass is 9.89. The highest BCUT2D eigenvalue weighted by Gasteiger charge is 2.58. The Morgan fingerprint density at radius 1 is 1.06 bits per heavy atom. The van der Waals surface area contributed by atoms with E-state index in [9.17, 15) is 18.4 Å². The van der Waals surface area contributed by atoms with Crippen molar-refractivity contribution < 1.29 is 23.1 Å². The molecule has 3 saturated heterocycles. The van der Waals surface area contributed by atoms with Crippen molar-refractivity contribution in [2.24, 2.45) is 0 Å². The van der Waals surface area contributed by atoms with Crippen LogP contribution < -0.4 is 0 Å². The van der Waals surface area contributed by atoms with Crippen LogP contribution in [0.1, 0.15) is 53.2 Å². The molecule has 5 rings (SSSR count). The number of piperidine rings is 1. The lowest BCUT2D eigenvalue weighted by molar-refractivity contribution is -0.142. The van der Waals surface area contributed by atoms with Crippen molar-refractivity contribution in [1.82, 2.24) is 9.80 Å². The van der Waals surface area contributed by atoms with Gasteiger partial charge in [0, 0.05) is 31.5 Å². The van der Waals surface area contributed by atoms with Gasteiger partial charge < -0.3 is 14.5 Å². The van der Waals surface area contributed by atoms with Crippen LogP contribution in [-0.2, 0) is 9.53 Å². The number of halogens is 2. The first kappa shape index (κ1) is 20.1. The second-order valence-corrected chi connectivity index (χ2v) is 8.68. The highest BCUT2D eigenvalue weighted by Crippen LogP contribution is 2.47. The Kier molecular flexibility index (Phi) is 4.81. The van der Waals surface area contributed by atoms with Crippen molar-refractivity contribution in [3.63, 3.8) is 0 Å². The molecule has 0 unspecified atom stereocenters. The number of aryl methyl sites for hydroxylation is 1. The molecule has 0 N–H and O–H groups in total. The smallest absolute Gasteiger partial charge is 0.257 e. The quantitative estimate of drug-likeness (QED) is 0.730. The van der Waals surface area contributed by atoms with Crippen molar-refractivity contribution in [1.29, 1.82) is 0 Å². The Hall–Kier alpha value is -2.80. The summed E-state index contributed by atoms with van der Waals surface area (Å²) in [5.41, 5.74) is 0.912. The van der Waals surface area contributed by atoms with E-state index >= 15 is 0 Å². The number of rotatable bonds is 2. The predicted octanol–water partition coefficient (Wildman–Crippen LogP) is 3.97. The van der Waals surface area contributed by atoms with Crippen LogP contribution in [0.2, 0.25) is 0 Å². The molecule has 1 spiro atoms. The minimum atomic E-state index is -0.940. The van der Waals surface area contributed by atoms with Crippen LogP contribution in [0.5, 0.6) is 0 Å². The molecule has 3 heterocycles. The van der Waals surface area contributed by atoms with Gasteiger partial charge in [-0.1, -0.05) is 18.2 Å². The molecule has 3 aliphatic heterocycles. The Bertz CT molecular complexity index is 1050. The number of hydrogen-bond donors (Lipinski definition) is 0. The SMILES string of the molecule is Cc1ccc(F)cc1C(=O)N1CCC2(CC1)O[C@@H]1CC[C@@H](c3cccc(F)c3)N1C2=O. The Balaban J connectivity index is 1.31. The van der Waals surface area contributed by atoms with Gasteiger partial charge in [-0.3, -0.25) is 9.59 Å². The van der Waals surface area contributed by atoms with Gasteiger partial charge in [0.1, 0.15) is 17.9 Å². The van der Waals surface area contributed by atoms with E-state index < -0.39 is 11.4 Å². The minimum Gasteiger partial charge on any atom is -0.342 e. The Labute approximate surface area is 179 Å². The van der Waals surface area contributed by atoms with Crippen LogP contribution >= 0.6 is 0 Å². The van der Waals surface area contributed by atoms with Gasteiger partial charge in [-0.15, -0.1) is 0 Å². The molecule has 2 amide bonds. The van der Waals surface area contributed by atoms with E-state index in [1.54, 1.807) is 28.9 Å². The fourth-order valence-corrected chi connectivity index (χ4v) is 5.15. The average Bonchev–Trinajstić information content (AvgIpc) is 3.28. The summed E-state index contributed by atoms with van der Waals surface area (Å²) >= 11 is 0. The molecule has 2 atom stereocenters. The van der Waals surface area contributed by atoms with Gasteiger partial charge in [0.25, 0.3) is 11.8 Å². The maximum atomic E-state index is 13.7. The van der Waals surface area contributed by atoms with Crippen LogP contribution in [0.4, 0.5) is 8.78 Å². The van der Waals surface area contributed by atoms with Gasteiger partial charge in [-0.05, 0) is 55.2 Å². The van der Waals surface area contributed by atoms with E-state index in [2.05, 4.69) is 0 Å². The number of carbonyl (C=O) groups is 2. The highest BCUT2D eigenvalue weighted by molar-refractivity contribution is 5.96. The molecule has 0 radical (unpaired) electrons. The van der Waals surface area contributed by atoms with Crippen LogP contribution in [0.15, 0.2) is 42.5 Å². The molecular formula is C24H24F2N2O3. The van der Waals surface area contributed by atoms with E-state index in [0.29, 0.717) is 37.9 Å². The summed E-state index contributed by atoms with van der Waals surface area (Å²) in [6.45, 7) is 2.51. The highest BCUT2D eigenvalue weighted by atomic mass is 19.1. The number of carbonyl (C=O) groups excluding carboxylic acids is 2. The second kappa shape index (κ2) is 7.41. The van der Waals surface area contributed by atoms with Gasteiger partial charge >= 0.3 is 0 Å². The van der Waals surface area contributed by atoms with Gasteiger partial charge in [-0.25, -0.2) is 8.78 Å². The molecular weight excluding hydrogens is 402 g/mol. The zero-order chi connectivity index (χ0) is 21.8. The largest absolute Gasteiger partial charge is 0.342 e. The predicted molar refractivity (Wildman–Crippen MR) is 109 cm³/mol. The number of nitrogens with zero attached hydrogens (tertiary/aromatic N) is 2. The van der Waals surface area contributed by atoms with Crippen LogP contribution in [0, 0.1) is 18.6 Å². The second-order valence-electron chi connectivity index (χ2n) is 8.68. The van der Waals surface area contributed by atoms with Gasteiger partial charge in [-0.2, -0.15) is 0 Å². The van der Waals surface area contributed by atoms with Crippen molar-refractivity contribution in [3.8, 4) is 0 Å². The van der Waals surface area contributed by atoms with Crippen LogP contribution in [0.3, 0.4) is 0 Å². The summed E-state index contributed by atoms with van der Waals surface area (Å²) < 4.78 is 33.6. The number of ether oxygens (including phenoxy) is 1. The zero-order valence-electron chi connectivity index (χ0n) is 17.3. The molecule has 0 saturated carbocycles. The summed E-state index contributed by atoms with van der Waals surface area (Å²) in [6, 6.07) is 10.4. The third kappa shape index (κ3) is 3.31. The lowest BCUT2D eigenvalue weighted by Gasteiger charge is -2.37. The third-order valence-electron chi connectivity index (χ3n) is 6.84. The van der Waals surface area contributed by atoms with E-state index in [0.717, 1.165) is 17.5 Å². The average molecular weight is 426 g/mol. The van der Waals surface area contributed by atoms with Crippen molar-refractivity contribution >= 4 is 11.8 Å². The lowest BCUT2D eigenvalue weighted by Crippen LogP contribution is -2.51. The summed E-state index contributed by atoms with van der Waals surface area (Å²) in [5, 5.41) is 0. The number of amides is 2. The number of fused-ring (bicyclic) bond motifs is 1. The van der Waals surface area contributed by atoms with E-state index in [1.165, 1.54) is 24.3 Å². The summed E-state index contributed by atoms with van der Waals surface area (Å²) in [5.74, 6) is -1.06. The number of benzene rings is 2. The monoisotopic (exact) mass is 426 g/mol. The van der Waals surface area contributed by atoms with E-state index in [1.807, 2.05) is 6.07 Å². The minimum absolute atomic E-state index is 0.0710. The standard InChI is InChI=1S/C24H24F2N2O3/c1-15-5-6-18(26)14-19(15)22(29)27-11-9-24(10-12-27)23(30)28-20(7-8-21(28)31-24)16-3-2-4-17(25)13-16/h2-6,13-14,20-21H,7-12H2,1H3/t20-,21+/m0/s1. The van der Waals surface area contributed by atoms with Crippen LogP contribution in [0.25, 0.3) is 0 Å². The molecule has 7 heteroatoms. The summed E-state index contributed by atoms with van der Waals surface area (Å²) in [4.78, 5) is 29.8. The number of likely N-dealkylation sites (tertiary alicyclic amines) is 1. The van der Waals surface area contributed by atoms with E-state index in [-0.39, 0.29) is 29.9 Å². The molecule has 0 bridgehead atoms. The first-order chi connectivity index (χ1) is 14.9. The summed E-state index contributed by atoms with van der Waals surface area (Å²) in [6.07, 6.45) is 1.93. The van der Waals surface area contributed by atoms with Crippen molar-refractivity contribution in [3.05, 3.63) is 70.8 Å². The van der Waals surface area contributed by atoms with Gasteiger partial charge in [0.15, 0.2) is 5.60 Å². The fraction of sp³-hybridized carbons (Fsp3) is 0.417. The molecule has 3 aliphatic rings. The zero-order valence-corrected chi connectivity index (χ0v) is 17.3.